The lowest BCUT2D eigenvalue weighted by molar-refractivity contribution is -0.0483. The van der Waals surface area contributed by atoms with E-state index in [-0.39, 0.29) is 0 Å². The molecule has 0 spiro atoms. The Balaban J connectivity index is 1.44. The van der Waals surface area contributed by atoms with Gasteiger partial charge in [-0.25, -0.2) is 0 Å². The highest BCUT2D eigenvalue weighted by Crippen LogP contribution is 2.66. The molecule has 0 bridgehead atoms. The van der Waals surface area contributed by atoms with E-state index in [1.54, 1.807) is 5.57 Å². The minimum absolute atomic E-state index is 0.448. The van der Waals surface area contributed by atoms with E-state index < -0.39 is 0 Å². The zero-order valence-corrected chi connectivity index (χ0v) is 22.2. The Labute approximate surface area is 196 Å². The van der Waals surface area contributed by atoms with E-state index in [0.717, 1.165) is 29.6 Å². The number of halogens is 1. The van der Waals surface area contributed by atoms with E-state index in [1.807, 2.05) is 0 Å². The Morgan fingerprint density at radius 1 is 1.10 bits per heavy atom. The van der Waals surface area contributed by atoms with Crippen LogP contribution >= 0.6 is 30.4 Å². The molecule has 0 N–H and O–H groups in total. The predicted molar refractivity (Wildman–Crippen MR) is 135 cm³/mol. The molecule has 3 heteroatoms. The fourth-order valence-electron chi connectivity index (χ4n) is 8.29. The van der Waals surface area contributed by atoms with Crippen molar-refractivity contribution >= 4 is 30.4 Å². The van der Waals surface area contributed by atoms with Gasteiger partial charge in [0, 0.05) is 21.2 Å². The molecule has 0 aromatic heterocycles. The number of allylic oxidation sites excluding steroid dienone is 1. The first-order chi connectivity index (χ1) is 13.9. The summed E-state index contributed by atoms with van der Waals surface area (Å²) in [7, 11) is 1.53. The first-order valence-corrected chi connectivity index (χ1v) is 15.8. The number of fused-ring (bicyclic) bond motifs is 5. The Bertz CT molecular complexity index is 604. The highest BCUT2D eigenvalue weighted by Gasteiger charge is 2.58. The van der Waals surface area contributed by atoms with Crippen molar-refractivity contribution in [2.75, 3.05) is 0 Å². The molecule has 0 amide bonds. The summed E-state index contributed by atoms with van der Waals surface area (Å²) in [4.78, 5) is 0. The fourth-order valence-corrected chi connectivity index (χ4v) is 9.44. The normalized spacial score (nSPS) is 44.2. The number of rotatable bonds is 7. The highest BCUT2D eigenvalue weighted by atomic mass is 127. The molecule has 0 heterocycles. The van der Waals surface area contributed by atoms with Crippen LogP contribution in [0, 0.1) is 40.4 Å². The predicted octanol–water partition coefficient (Wildman–Crippen LogP) is 9.17. The van der Waals surface area contributed by atoms with E-state index in [2.05, 4.69) is 55.0 Å². The summed E-state index contributed by atoms with van der Waals surface area (Å²) in [6.07, 6.45) is 20.2. The lowest BCUT2D eigenvalue weighted by atomic mass is 9.47. The van der Waals surface area contributed by atoms with Gasteiger partial charge in [0.2, 0.25) is 0 Å². The lowest BCUT2D eigenvalue weighted by Gasteiger charge is -2.58. The second-order valence-corrected chi connectivity index (χ2v) is 13.2. The van der Waals surface area contributed by atoms with Gasteiger partial charge in [-0.3, -0.25) is 0 Å². The first kappa shape index (κ1) is 23.0. The molecule has 0 radical (unpaired) electrons. The molecule has 0 aliphatic heterocycles. The van der Waals surface area contributed by atoms with Crippen LogP contribution in [-0.4, -0.2) is 6.10 Å². The van der Waals surface area contributed by atoms with Crippen LogP contribution in [0.4, 0.5) is 0 Å². The van der Waals surface area contributed by atoms with E-state index in [4.69, 9.17) is 4.18 Å². The van der Waals surface area contributed by atoms with Crippen LogP contribution in [0.15, 0.2) is 11.6 Å². The van der Waals surface area contributed by atoms with Gasteiger partial charge >= 0.3 is 0 Å². The van der Waals surface area contributed by atoms with Crippen molar-refractivity contribution in [3.63, 3.8) is 0 Å². The molecule has 4 rings (SSSR count). The first-order valence-electron chi connectivity index (χ1n) is 12.5. The molecular weight excluding hydrogens is 487 g/mol. The molecule has 29 heavy (non-hydrogen) atoms. The van der Waals surface area contributed by atoms with Crippen LogP contribution in [-0.2, 0) is 4.18 Å². The van der Waals surface area contributed by atoms with Crippen LogP contribution in [0.3, 0.4) is 0 Å². The zero-order valence-electron chi connectivity index (χ0n) is 19.2. The van der Waals surface area contributed by atoms with Crippen molar-refractivity contribution in [2.45, 2.75) is 111 Å². The summed E-state index contributed by atoms with van der Waals surface area (Å²) in [6.45, 7) is 10.1. The van der Waals surface area contributed by atoms with Crippen LogP contribution in [0.1, 0.15) is 105 Å². The van der Waals surface area contributed by atoms with Crippen molar-refractivity contribution in [3.8, 4) is 0 Å². The zero-order chi connectivity index (χ0) is 20.6. The summed E-state index contributed by atoms with van der Waals surface area (Å²) in [6, 6.07) is 0. The maximum Gasteiger partial charge on any atom is 0.0769 e. The van der Waals surface area contributed by atoms with Crippen molar-refractivity contribution in [1.82, 2.24) is 0 Å². The lowest BCUT2D eigenvalue weighted by Crippen LogP contribution is -2.50. The average Bonchev–Trinajstić information content (AvgIpc) is 3.02. The quantitative estimate of drug-likeness (QED) is 0.140. The standard InChI is InChI=1S/C26H43IOS/c1-18(2)7-5-6-8-19-10-12-23-22-11-9-20-17-21(28-29-27)13-15-26(20,4)24(22)14-16-25(19,23)3/h9,18-19,21-24H,5-8,10-17H2,1-4H3. The van der Waals surface area contributed by atoms with Gasteiger partial charge in [0.25, 0.3) is 0 Å². The molecule has 0 saturated heterocycles. The number of unbranched alkanes of at least 4 members (excludes halogenated alkanes) is 1. The molecule has 166 valence electrons. The van der Waals surface area contributed by atoms with Gasteiger partial charge in [0.05, 0.1) is 15.3 Å². The molecule has 3 saturated carbocycles. The van der Waals surface area contributed by atoms with Crippen molar-refractivity contribution < 1.29 is 4.18 Å². The van der Waals surface area contributed by atoms with Gasteiger partial charge in [-0.2, -0.15) is 0 Å². The Hall–Kier alpha value is 0.780. The molecule has 4 aliphatic rings. The highest BCUT2D eigenvalue weighted by molar-refractivity contribution is 14.2. The average molecular weight is 531 g/mol. The van der Waals surface area contributed by atoms with E-state index in [9.17, 15) is 0 Å². The maximum absolute atomic E-state index is 5.94. The smallest absolute Gasteiger partial charge is 0.0769 e. The molecule has 1 nitrogen and oxygen atoms in total. The summed E-state index contributed by atoms with van der Waals surface area (Å²) in [5, 5.41) is 0. The molecule has 3 fully saturated rings. The third-order valence-corrected chi connectivity index (χ3v) is 11.0. The molecule has 0 aromatic carbocycles. The van der Waals surface area contributed by atoms with Crippen molar-refractivity contribution in [1.29, 1.82) is 0 Å². The Kier molecular flexibility index (Phi) is 7.39. The third-order valence-electron chi connectivity index (χ3n) is 10.0. The summed E-state index contributed by atoms with van der Waals surface area (Å²) >= 11 is 2.28. The molecular formula is C26H43IOS. The van der Waals surface area contributed by atoms with Gasteiger partial charge < -0.3 is 4.18 Å². The van der Waals surface area contributed by atoms with Crippen LogP contribution in [0.25, 0.3) is 0 Å². The summed E-state index contributed by atoms with van der Waals surface area (Å²) < 4.78 is 5.94. The molecule has 7 unspecified atom stereocenters. The van der Waals surface area contributed by atoms with E-state index in [1.165, 1.54) is 86.3 Å². The fraction of sp³-hybridized carbons (Fsp3) is 0.923. The second kappa shape index (κ2) is 9.33. The maximum atomic E-state index is 5.94. The second-order valence-electron chi connectivity index (χ2n) is 11.8. The molecule has 4 aliphatic carbocycles. The topological polar surface area (TPSA) is 9.23 Å². The number of hydrogen-bond acceptors (Lipinski definition) is 2. The van der Waals surface area contributed by atoms with Crippen molar-refractivity contribution in [3.05, 3.63) is 11.6 Å². The summed E-state index contributed by atoms with van der Waals surface area (Å²) in [5.74, 6) is 4.76. The largest absolute Gasteiger partial charge is 0.302 e. The van der Waals surface area contributed by atoms with Gasteiger partial charge in [-0.05, 0) is 98.2 Å². The van der Waals surface area contributed by atoms with Gasteiger partial charge in [-0.15, -0.1) is 0 Å². The van der Waals surface area contributed by atoms with Gasteiger partial charge in [0.1, 0.15) is 0 Å². The van der Waals surface area contributed by atoms with Crippen LogP contribution in [0.5, 0.6) is 0 Å². The molecule has 7 atom stereocenters. The van der Waals surface area contributed by atoms with Gasteiger partial charge in [-0.1, -0.05) is 58.6 Å². The van der Waals surface area contributed by atoms with Crippen molar-refractivity contribution in [2.24, 2.45) is 40.4 Å². The summed E-state index contributed by atoms with van der Waals surface area (Å²) in [5.41, 5.74) is 2.86. The monoisotopic (exact) mass is 530 g/mol. The van der Waals surface area contributed by atoms with E-state index >= 15 is 0 Å². The third kappa shape index (κ3) is 4.36. The SMILES string of the molecule is CC(C)CCCCC1CCC2C3CC=C4CC(OSI)CCC4(C)C3CCC12C. The Morgan fingerprint density at radius 3 is 2.69 bits per heavy atom. The van der Waals surface area contributed by atoms with Crippen LogP contribution in [0.2, 0.25) is 0 Å². The minimum Gasteiger partial charge on any atom is -0.302 e. The number of hydrogen-bond donors (Lipinski definition) is 0. The molecule has 0 aromatic rings. The van der Waals surface area contributed by atoms with Gasteiger partial charge in [0.15, 0.2) is 0 Å². The van der Waals surface area contributed by atoms with Crippen LogP contribution < -0.4 is 0 Å². The minimum atomic E-state index is 0.448. The van der Waals surface area contributed by atoms with E-state index in [0.29, 0.717) is 16.9 Å². The Morgan fingerprint density at radius 2 is 1.93 bits per heavy atom.